The van der Waals surface area contributed by atoms with Crippen molar-refractivity contribution in [3.8, 4) is 11.8 Å². The summed E-state index contributed by atoms with van der Waals surface area (Å²) < 4.78 is 56.1. The summed E-state index contributed by atoms with van der Waals surface area (Å²) in [6.07, 6.45) is -1.71. The van der Waals surface area contributed by atoms with Crippen molar-refractivity contribution in [2.24, 2.45) is 5.18 Å². The molecule has 0 saturated heterocycles. The number of thiophene rings is 1. The third-order valence-electron chi connectivity index (χ3n) is 6.18. The maximum absolute atomic E-state index is 14.8. The van der Waals surface area contributed by atoms with E-state index in [2.05, 4.69) is 5.10 Å². The fourth-order valence-corrected chi connectivity index (χ4v) is 5.57. The molecular weight excluding hydrogens is 607 g/mol. The number of fused-ring (bicyclic) bond motifs is 1. The van der Waals surface area contributed by atoms with E-state index in [1.165, 1.54) is 23.2 Å². The molecule has 1 aromatic carbocycles. The van der Waals surface area contributed by atoms with E-state index < -0.39 is 48.3 Å². The highest BCUT2D eigenvalue weighted by Crippen LogP contribution is 2.39. The van der Waals surface area contributed by atoms with Crippen LogP contribution in [0.15, 0.2) is 41.8 Å². The standard InChI is InChI=1S/C25H19ClF3N5O7S/c26-18-8-15-17(42-18)4-5-33(6-7-40-12-25(15,28)29)23(41-21(24(37)38)20(35)22(36)32-39)14-10-31-34(11-14)19-13(9-30)2-1-3-16(19)27/h1-3,8,10-11,21,23H,4-7,12H2,(H,37,38). The zero-order chi connectivity index (χ0) is 30.6. The van der Waals surface area contributed by atoms with Gasteiger partial charge < -0.3 is 14.6 Å². The molecule has 0 radical (unpaired) electrons. The van der Waals surface area contributed by atoms with Crippen LogP contribution in [-0.4, -0.2) is 69.9 Å². The van der Waals surface area contributed by atoms with Gasteiger partial charge in [0.2, 0.25) is 6.10 Å². The zero-order valence-electron chi connectivity index (χ0n) is 21.2. The predicted octanol–water partition coefficient (Wildman–Crippen LogP) is 3.60. The number of Topliss-reactive ketones (excluding diaryl/α,β-unsaturated/α-hetero) is 1. The van der Waals surface area contributed by atoms with Gasteiger partial charge in [-0.05, 0) is 24.6 Å². The summed E-state index contributed by atoms with van der Waals surface area (Å²) in [6, 6.07) is 6.71. The average Bonchev–Trinajstić information content (AvgIpc) is 3.59. The molecule has 0 aliphatic carbocycles. The maximum Gasteiger partial charge on any atom is 0.355 e. The number of carbonyl (C=O) groups is 3. The highest BCUT2D eigenvalue weighted by Gasteiger charge is 2.40. The van der Waals surface area contributed by atoms with Crippen LogP contribution < -0.4 is 0 Å². The minimum absolute atomic E-state index is 0.0251. The number of nitriles is 1. The van der Waals surface area contributed by atoms with E-state index >= 15 is 0 Å². The molecule has 4 rings (SSSR count). The summed E-state index contributed by atoms with van der Waals surface area (Å²) in [4.78, 5) is 48.3. The van der Waals surface area contributed by atoms with Gasteiger partial charge in [0.15, 0.2) is 0 Å². The third kappa shape index (κ3) is 6.55. The van der Waals surface area contributed by atoms with Gasteiger partial charge in [0, 0.05) is 40.5 Å². The molecule has 2 unspecified atom stereocenters. The minimum atomic E-state index is -3.33. The Morgan fingerprint density at radius 2 is 2.07 bits per heavy atom. The lowest BCUT2D eigenvalue weighted by Gasteiger charge is -2.33. The number of amides is 1. The first-order valence-corrected chi connectivity index (χ1v) is 13.2. The van der Waals surface area contributed by atoms with Gasteiger partial charge in [-0.2, -0.15) is 19.1 Å². The molecule has 2 atom stereocenters. The van der Waals surface area contributed by atoms with Crippen molar-refractivity contribution in [3.05, 3.63) is 73.3 Å². The first-order chi connectivity index (χ1) is 20.0. The number of nitroso groups, excluding NO2 is 1. The van der Waals surface area contributed by atoms with E-state index in [4.69, 9.17) is 21.1 Å². The number of hydrogen-bond donors (Lipinski definition) is 1. The van der Waals surface area contributed by atoms with Crippen molar-refractivity contribution in [3.63, 3.8) is 0 Å². The third-order valence-corrected chi connectivity index (χ3v) is 7.51. The smallest absolute Gasteiger partial charge is 0.355 e. The number of ketones is 1. The zero-order valence-corrected chi connectivity index (χ0v) is 22.8. The Bertz CT molecular complexity index is 1570. The number of aliphatic carboxylic acids is 1. The molecule has 1 aliphatic heterocycles. The molecule has 0 spiro atoms. The predicted molar refractivity (Wildman–Crippen MR) is 139 cm³/mol. The normalized spacial score (nSPS) is 16.9. The van der Waals surface area contributed by atoms with Crippen molar-refractivity contribution < 1.29 is 42.1 Å². The monoisotopic (exact) mass is 625 g/mol. The van der Waals surface area contributed by atoms with Gasteiger partial charge in [0.1, 0.15) is 30.4 Å². The number of alkyl halides is 2. The number of aromatic nitrogens is 2. The van der Waals surface area contributed by atoms with Crippen LogP contribution in [0.2, 0.25) is 4.34 Å². The number of halogens is 4. The molecule has 1 aliphatic rings. The summed E-state index contributed by atoms with van der Waals surface area (Å²) in [6.45, 7) is -1.51. The summed E-state index contributed by atoms with van der Waals surface area (Å²) in [5, 5.41) is 25.1. The quantitative estimate of drug-likeness (QED) is 0.222. The van der Waals surface area contributed by atoms with Crippen LogP contribution in [0.1, 0.15) is 27.8 Å². The van der Waals surface area contributed by atoms with Gasteiger partial charge in [-0.15, -0.1) is 16.2 Å². The van der Waals surface area contributed by atoms with E-state index in [9.17, 15) is 42.8 Å². The lowest BCUT2D eigenvalue weighted by molar-refractivity contribution is -0.174. The van der Waals surface area contributed by atoms with Crippen LogP contribution in [0.5, 0.6) is 0 Å². The lowest BCUT2D eigenvalue weighted by atomic mass is 10.1. The van der Waals surface area contributed by atoms with Crippen molar-refractivity contribution >= 4 is 40.6 Å². The van der Waals surface area contributed by atoms with Crippen molar-refractivity contribution in [1.82, 2.24) is 14.7 Å². The second-order valence-electron chi connectivity index (χ2n) is 8.86. The summed E-state index contributed by atoms with van der Waals surface area (Å²) in [5.74, 6) is -9.72. The number of hydrogen-bond acceptors (Lipinski definition) is 10. The Kier molecular flexibility index (Phi) is 9.49. The number of nitrogens with zero attached hydrogens (tertiary/aromatic N) is 5. The fourth-order valence-electron chi connectivity index (χ4n) is 4.26. The van der Waals surface area contributed by atoms with E-state index in [0.29, 0.717) is 0 Å². The van der Waals surface area contributed by atoms with Crippen molar-refractivity contribution in [2.45, 2.75) is 24.7 Å². The Labute approximate surface area is 243 Å². The number of benzene rings is 1. The number of rotatable bonds is 8. The van der Waals surface area contributed by atoms with Crippen LogP contribution in [-0.2, 0) is 36.2 Å². The largest absolute Gasteiger partial charge is 0.479 e. The van der Waals surface area contributed by atoms with Gasteiger partial charge in [0.05, 0.1) is 22.7 Å². The molecular formula is C25H19ClF3N5O7S. The van der Waals surface area contributed by atoms with Crippen LogP contribution in [0, 0.1) is 22.1 Å². The Morgan fingerprint density at radius 1 is 1.31 bits per heavy atom. The average molecular weight is 626 g/mol. The van der Waals surface area contributed by atoms with E-state index in [-0.39, 0.29) is 57.7 Å². The number of para-hydroxylation sites is 1. The lowest BCUT2D eigenvalue weighted by Crippen LogP contribution is -2.43. The second kappa shape index (κ2) is 12.9. The highest BCUT2D eigenvalue weighted by atomic mass is 35.5. The molecule has 2 aromatic heterocycles. The van der Waals surface area contributed by atoms with Gasteiger partial charge in [-0.25, -0.2) is 13.9 Å². The summed E-state index contributed by atoms with van der Waals surface area (Å²) in [7, 11) is 0. The molecule has 0 bridgehead atoms. The van der Waals surface area contributed by atoms with Gasteiger partial charge >= 0.3 is 11.9 Å². The van der Waals surface area contributed by atoms with Crippen molar-refractivity contribution in [1.29, 1.82) is 5.26 Å². The van der Waals surface area contributed by atoms with Crippen LogP contribution in [0.3, 0.4) is 0 Å². The van der Waals surface area contributed by atoms with Gasteiger partial charge in [-0.1, -0.05) is 17.7 Å². The molecule has 17 heteroatoms. The van der Waals surface area contributed by atoms with Gasteiger partial charge in [-0.3, -0.25) is 14.5 Å². The van der Waals surface area contributed by atoms with Crippen molar-refractivity contribution in [2.75, 3.05) is 26.3 Å². The Morgan fingerprint density at radius 3 is 2.76 bits per heavy atom. The second-order valence-corrected chi connectivity index (χ2v) is 10.6. The van der Waals surface area contributed by atoms with Crippen LogP contribution in [0.4, 0.5) is 13.2 Å². The Hall–Kier alpha value is -4.01. The summed E-state index contributed by atoms with van der Waals surface area (Å²) in [5.41, 5.74) is -0.631. The van der Waals surface area contributed by atoms with Crippen LogP contribution in [0.25, 0.3) is 5.69 Å². The van der Waals surface area contributed by atoms with E-state index in [1.54, 1.807) is 0 Å². The molecule has 3 aromatic rings. The minimum Gasteiger partial charge on any atom is -0.479 e. The topological polar surface area (TPSA) is 164 Å². The van der Waals surface area contributed by atoms with E-state index in [0.717, 1.165) is 34.3 Å². The fraction of sp³-hybridized carbons (Fsp3) is 0.320. The number of carboxylic acids is 1. The number of ether oxygens (including phenoxy) is 2. The first-order valence-electron chi connectivity index (χ1n) is 12.0. The maximum atomic E-state index is 14.8. The molecule has 12 nitrogen and oxygen atoms in total. The molecule has 42 heavy (non-hydrogen) atoms. The molecule has 220 valence electrons. The van der Waals surface area contributed by atoms with Gasteiger partial charge in [0.25, 0.3) is 11.7 Å². The molecule has 1 amide bonds. The molecule has 0 saturated carbocycles. The molecule has 3 heterocycles. The molecule has 1 N–H and O–H groups in total. The van der Waals surface area contributed by atoms with E-state index in [1.807, 2.05) is 11.2 Å². The number of carbonyl (C=O) groups excluding carboxylic acids is 2. The Balaban J connectivity index is 1.77. The first kappa shape index (κ1) is 30.9. The molecule has 0 fully saturated rings. The summed E-state index contributed by atoms with van der Waals surface area (Å²) >= 11 is 6.93. The SMILES string of the molecule is N#Cc1cccc(F)c1-n1cc(C(OC(C(=O)O)C(=O)C(=O)N=O)N2CCOCC(F)(F)c3cc(Cl)sc3CC2)cn1. The highest BCUT2D eigenvalue weighted by molar-refractivity contribution is 7.16. The van der Waals surface area contributed by atoms with Crippen LogP contribution >= 0.6 is 22.9 Å². The number of carboxylic acid groups (broad SMARTS) is 1.